The Labute approximate surface area is 207 Å². The molecule has 0 radical (unpaired) electrons. The van der Waals surface area contributed by atoms with Crippen molar-refractivity contribution in [2.24, 2.45) is 7.05 Å². The first-order valence-electron chi connectivity index (χ1n) is 11.1. The van der Waals surface area contributed by atoms with Crippen LogP contribution in [0.1, 0.15) is 33.3 Å². The van der Waals surface area contributed by atoms with Crippen molar-refractivity contribution < 1.29 is 27.5 Å². The number of hydrogen-bond donors (Lipinski definition) is 1. The highest BCUT2D eigenvalue weighted by Gasteiger charge is 2.36. The minimum absolute atomic E-state index is 0.00504. The number of aromatic nitrogens is 5. The van der Waals surface area contributed by atoms with Crippen LogP contribution in [-0.2, 0) is 18.0 Å². The number of halogens is 3. The Morgan fingerprint density at radius 1 is 1.03 bits per heavy atom. The molecule has 1 amide bonds. The summed E-state index contributed by atoms with van der Waals surface area (Å²) >= 11 is 0. The van der Waals surface area contributed by atoms with Gasteiger partial charge in [-0.25, -0.2) is 14.3 Å². The number of hydrogen-bond acceptors (Lipinski definition) is 6. The summed E-state index contributed by atoms with van der Waals surface area (Å²) in [5.41, 5.74) is -1.12. The predicted octanol–water partition coefficient (Wildman–Crippen LogP) is 4.73. The summed E-state index contributed by atoms with van der Waals surface area (Å²) in [6.45, 7) is 1.74. The zero-order chi connectivity index (χ0) is 26.3. The largest absolute Gasteiger partial charge is 0.462 e. The second-order valence-corrected chi connectivity index (χ2v) is 8.05. The lowest BCUT2D eigenvalue weighted by Crippen LogP contribution is -2.18. The third kappa shape index (κ3) is 4.26. The van der Waals surface area contributed by atoms with Gasteiger partial charge in [0.25, 0.3) is 5.91 Å². The maximum atomic E-state index is 14.1. The van der Waals surface area contributed by atoms with E-state index in [-0.39, 0.29) is 34.9 Å². The maximum absolute atomic E-state index is 14.1. The molecule has 0 bridgehead atoms. The van der Waals surface area contributed by atoms with Gasteiger partial charge in [-0.2, -0.15) is 23.4 Å². The Morgan fingerprint density at radius 3 is 2.51 bits per heavy atom. The Bertz CT molecular complexity index is 1670. The molecule has 0 fully saturated rings. The number of nitrogens with zero attached hydrogens (tertiary/aromatic N) is 5. The van der Waals surface area contributed by atoms with Crippen LogP contribution in [0.15, 0.2) is 60.9 Å². The summed E-state index contributed by atoms with van der Waals surface area (Å²) in [4.78, 5) is 29.9. The number of fused-ring (bicyclic) bond motifs is 2. The number of ether oxygens (including phenoxy) is 1. The summed E-state index contributed by atoms with van der Waals surface area (Å²) in [6.07, 6.45) is -2.55. The van der Waals surface area contributed by atoms with Gasteiger partial charge in [0.1, 0.15) is 16.9 Å². The first-order valence-corrected chi connectivity index (χ1v) is 11.1. The van der Waals surface area contributed by atoms with Crippen LogP contribution in [0.5, 0.6) is 0 Å². The highest BCUT2D eigenvalue weighted by molar-refractivity contribution is 6.10. The van der Waals surface area contributed by atoms with E-state index in [1.54, 1.807) is 31.2 Å². The minimum atomic E-state index is -4.78. The molecule has 0 saturated carbocycles. The highest BCUT2D eigenvalue weighted by atomic mass is 19.4. The van der Waals surface area contributed by atoms with Crippen LogP contribution in [0.2, 0.25) is 0 Å². The lowest BCUT2D eigenvalue weighted by molar-refractivity contribution is -0.142. The van der Waals surface area contributed by atoms with Gasteiger partial charge in [-0.1, -0.05) is 42.5 Å². The quantitative estimate of drug-likeness (QED) is 0.344. The molecule has 0 saturated heterocycles. The minimum Gasteiger partial charge on any atom is -0.462 e. The molecule has 3 heterocycles. The summed E-state index contributed by atoms with van der Waals surface area (Å²) in [5, 5.41) is 11.8. The number of carbonyl (C=O) groups excluding carboxylic acids is 2. The molecule has 5 rings (SSSR count). The Morgan fingerprint density at radius 2 is 1.76 bits per heavy atom. The lowest BCUT2D eigenvalue weighted by Gasteiger charge is -2.13. The Balaban J connectivity index is 1.65. The van der Waals surface area contributed by atoms with Crippen LogP contribution in [0, 0.1) is 0 Å². The number of aryl methyl sites for hydroxylation is 1. The van der Waals surface area contributed by atoms with Crippen molar-refractivity contribution in [2.75, 3.05) is 11.9 Å². The molecule has 12 heteroatoms. The molecule has 5 aromatic rings. The number of anilines is 1. The van der Waals surface area contributed by atoms with Crippen molar-refractivity contribution in [2.45, 2.75) is 13.1 Å². The second kappa shape index (κ2) is 9.04. The number of esters is 1. The van der Waals surface area contributed by atoms with Crippen LogP contribution in [0.25, 0.3) is 27.7 Å². The number of nitrogens with one attached hydrogen (secondary N) is 1. The summed E-state index contributed by atoms with van der Waals surface area (Å²) in [6, 6.07) is 13.4. The molecule has 0 aliphatic rings. The van der Waals surface area contributed by atoms with E-state index in [1.807, 2.05) is 18.2 Å². The van der Waals surface area contributed by atoms with Crippen LogP contribution in [-0.4, -0.2) is 42.9 Å². The van der Waals surface area contributed by atoms with Crippen LogP contribution in [0.4, 0.5) is 19.0 Å². The molecule has 9 nitrogen and oxygen atoms in total. The van der Waals surface area contributed by atoms with Gasteiger partial charge in [-0.3, -0.25) is 9.48 Å². The van der Waals surface area contributed by atoms with Gasteiger partial charge in [-0.05, 0) is 23.8 Å². The van der Waals surface area contributed by atoms with E-state index in [2.05, 4.69) is 20.5 Å². The van der Waals surface area contributed by atoms with Gasteiger partial charge < -0.3 is 10.1 Å². The maximum Gasteiger partial charge on any atom is 0.433 e. The first kappa shape index (κ1) is 24.0. The fraction of sp³-hybridized carbons (Fsp3) is 0.160. The van der Waals surface area contributed by atoms with Crippen molar-refractivity contribution in [1.82, 2.24) is 24.4 Å². The average Bonchev–Trinajstić information content (AvgIpc) is 3.46. The molecule has 0 aliphatic carbocycles. The Hall–Kier alpha value is -4.74. The van der Waals surface area contributed by atoms with Gasteiger partial charge in [0, 0.05) is 12.6 Å². The van der Waals surface area contributed by atoms with Crippen LogP contribution >= 0.6 is 0 Å². The van der Waals surface area contributed by atoms with E-state index in [1.165, 1.54) is 17.9 Å². The van der Waals surface area contributed by atoms with E-state index in [0.29, 0.717) is 15.5 Å². The monoisotopic (exact) mass is 508 g/mol. The van der Waals surface area contributed by atoms with Crippen molar-refractivity contribution in [1.29, 1.82) is 0 Å². The number of alkyl halides is 3. The standard InChI is InChI=1S/C25H19F3N6O3/c1-3-37-24(36)18-13-29-33(2)21(18)32-23(35)17-12-30-34-20(25(26,27)28)11-19(31-22(17)34)16-10-6-8-14-7-4-5-9-15(14)16/h4-13H,3H2,1-2H3,(H,32,35). The predicted molar refractivity (Wildman–Crippen MR) is 128 cm³/mol. The fourth-order valence-electron chi connectivity index (χ4n) is 4.03. The van der Waals surface area contributed by atoms with E-state index in [9.17, 15) is 22.8 Å². The smallest absolute Gasteiger partial charge is 0.433 e. The normalized spacial score (nSPS) is 11.7. The zero-order valence-electron chi connectivity index (χ0n) is 19.6. The molecule has 0 atom stereocenters. The van der Waals surface area contributed by atoms with Crippen molar-refractivity contribution in [3.63, 3.8) is 0 Å². The molecular weight excluding hydrogens is 489 g/mol. The van der Waals surface area contributed by atoms with E-state index < -0.39 is 23.7 Å². The number of rotatable bonds is 5. The van der Waals surface area contributed by atoms with E-state index >= 15 is 0 Å². The average molecular weight is 508 g/mol. The Kier molecular flexibility index (Phi) is 5.86. The second-order valence-electron chi connectivity index (χ2n) is 8.05. The van der Waals surface area contributed by atoms with Crippen molar-refractivity contribution in [3.05, 3.63) is 77.7 Å². The van der Waals surface area contributed by atoms with Gasteiger partial charge in [0.2, 0.25) is 0 Å². The summed E-state index contributed by atoms with van der Waals surface area (Å²) in [7, 11) is 1.49. The van der Waals surface area contributed by atoms with Gasteiger partial charge in [-0.15, -0.1) is 0 Å². The van der Waals surface area contributed by atoms with Crippen LogP contribution in [0.3, 0.4) is 0 Å². The molecule has 0 aliphatic heterocycles. The van der Waals surface area contributed by atoms with Gasteiger partial charge >= 0.3 is 12.1 Å². The third-order valence-electron chi connectivity index (χ3n) is 5.74. The van der Waals surface area contributed by atoms with Crippen molar-refractivity contribution >= 4 is 34.1 Å². The SMILES string of the molecule is CCOC(=O)c1cnn(C)c1NC(=O)c1cnn2c(C(F)(F)F)cc(-c3cccc4ccccc34)nc12. The fourth-order valence-corrected chi connectivity index (χ4v) is 4.03. The van der Waals surface area contributed by atoms with E-state index in [4.69, 9.17) is 4.74 Å². The van der Waals surface area contributed by atoms with Crippen LogP contribution < -0.4 is 5.32 Å². The summed E-state index contributed by atoms with van der Waals surface area (Å²) in [5.74, 6) is -1.51. The number of benzene rings is 2. The molecule has 37 heavy (non-hydrogen) atoms. The lowest BCUT2D eigenvalue weighted by atomic mass is 10.0. The first-order chi connectivity index (χ1) is 17.7. The van der Waals surface area contributed by atoms with Gasteiger partial charge in [0.05, 0.1) is 24.7 Å². The molecule has 188 valence electrons. The zero-order valence-corrected chi connectivity index (χ0v) is 19.6. The molecular formula is C25H19F3N6O3. The molecule has 0 unspecified atom stereocenters. The molecule has 3 aromatic heterocycles. The molecule has 2 aromatic carbocycles. The molecule has 1 N–H and O–H groups in total. The third-order valence-corrected chi connectivity index (χ3v) is 5.74. The topological polar surface area (TPSA) is 103 Å². The number of amides is 1. The van der Waals surface area contributed by atoms with Crippen molar-refractivity contribution in [3.8, 4) is 11.3 Å². The number of carbonyl (C=O) groups is 2. The van der Waals surface area contributed by atoms with Gasteiger partial charge in [0.15, 0.2) is 11.3 Å². The van der Waals surface area contributed by atoms with E-state index in [0.717, 1.165) is 17.6 Å². The highest BCUT2D eigenvalue weighted by Crippen LogP contribution is 2.35. The summed E-state index contributed by atoms with van der Waals surface area (Å²) < 4.78 is 49.0. The molecule has 0 spiro atoms.